The van der Waals surface area contributed by atoms with Crippen molar-refractivity contribution in [2.24, 2.45) is 12.8 Å². The van der Waals surface area contributed by atoms with Gasteiger partial charge in [0, 0.05) is 18.8 Å². The van der Waals surface area contributed by atoms with Crippen LogP contribution in [0.1, 0.15) is 22.7 Å². The molecule has 4 aromatic rings. The Morgan fingerprint density at radius 2 is 1.93 bits per heavy atom. The molecule has 8 heteroatoms. The normalized spacial score (nSPS) is 15.6. The average molecular weight is 398 g/mol. The SMILES string of the molecule is Cc1nn(C)cc1C1C(C#N)=C(N)Oc2c1c(-c1ccco1)nn2-c1ccccc1. The molecule has 0 saturated heterocycles. The first-order chi connectivity index (χ1) is 14.6. The Labute approximate surface area is 172 Å². The lowest BCUT2D eigenvalue weighted by molar-refractivity contribution is 0.367. The highest BCUT2D eigenvalue weighted by molar-refractivity contribution is 5.69. The third kappa shape index (κ3) is 2.60. The van der Waals surface area contributed by atoms with Gasteiger partial charge < -0.3 is 14.9 Å². The molecule has 2 N–H and O–H groups in total. The van der Waals surface area contributed by atoms with Gasteiger partial charge in [-0.25, -0.2) is 0 Å². The van der Waals surface area contributed by atoms with Gasteiger partial charge in [0.25, 0.3) is 0 Å². The molecule has 0 amide bonds. The number of nitriles is 1. The number of aromatic nitrogens is 4. The summed E-state index contributed by atoms with van der Waals surface area (Å²) < 4.78 is 15.0. The lowest BCUT2D eigenvalue weighted by Crippen LogP contribution is -2.22. The van der Waals surface area contributed by atoms with E-state index in [2.05, 4.69) is 11.2 Å². The lowest BCUT2D eigenvalue weighted by Gasteiger charge is -2.24. The summed E-state index contributed by atoms with van der Waals surface area (Å²) in [6.07, 6.45) is 3.48. The van der Waals surface area contributed by atoms with Gasteiger partial charge in [0.05, 0.1) is 29.1 Å². The largest absolute Gasteiger partial charge is 0.463 e. The molecular weight excluding hydrogens is 380 g/mol. The van der Waals surface area contributed by atoms with Crippen LogP contribution in [-0.4, -0.2) is 19.6 Å². The van der Waals surface area contributed by atoms with Crippen molar-refractivity contribution in [1.29, 1.82) is 5.26 Å². The van der Waals surface area contributed by atoms with E-state index >= 15 is 0 Å². The van der Waals surface area contributed by atoms with Crippen LogP contribution < -0.4 is 10.5 Å². The molecule has 1 aliphatic heterocycles. The second kappa shape index (κ2) is 6.67. The Bertz CT molecular complexity index is 1310. The predicted molar refractivity (Wildman–Crippen MR) is 109 cm³/mol. The minimum atomic E-state index is -0.481. The quantitative estimate of drug-likeness (QED) is 0.567. The monoisotopic (exact) mass is 398 g/mol. The Morgan fingerprint density at radius 1 is 1.13 bits per heavy atom. The Morgan fingerprint density at radius 3 is 2.57 bits per heavy atom. The number of nitrogens with two attached hydrogens (primary N) is 1. The maximum Gasteiger partial charge on any atom is 0.229 e. The van der Waals surface area contributed by atoms with Gasteiger partial charge in [-0.2, -0.15) is 20.1 Å². The van der Waals surface area contributed by atoms with Crippen molar-refractivity contribution in [2.45, 2.75) is 12.8 Å². The first-order valence-electron chi connectivity index (χ1n) is 9.38. The van der Waals surface area contributed by atoms with Gasteiger partial charge in [0.1, 0.15) is 17.3 Å². The van der Waals surface area contributed by atoms with E-state index in [9.17, 15) is 5.26 Å². The van der Waals surface area contributed by atoms with E-state index in [0.29, 0.717) is 22.9 Å². The molecule has 1 aliphatic rings. The molecule has 0 spiro atoms. The van der Waals surface area contributed by atoms with E-state index < -0.39 is 5.92 Å². The first kappa shape index (κ1) is 17.8. The zero-order valence-corrected chi connectivity index (χ0v) is 16.4. The molecule has 5 rings (SSSR count). The summed E-state index contributed by atoms with van der Waals surface area (Å²) in [5.74, 6) is 0.609. The van der Waals surface area contributed by atoms with E-state index in [-0.39, 0.29) is 5.88 Å². The summed E-state index contributed by atoms with van der Waals surface area (Å²) in [6, 6.07) is 15.5. The second-order valence-electron chi connectivity index (χ2n) is 7.06. The van der Waals surface area contributed by atoms with Gasteiger partial charge in [-0.05, 0) is 31.2 Å². The highest BCUT2D eigenvalue weighted by atomic mass is 16.5. The minimum Gasteiger partial charge on any atom is -0.463 e. The Balaban J connectivity index is 1.85. The number of rotatable bonds is 3. The van der Waals surface area contributed by atoms with Crippen LogP contribution in [0.15, 0.2) is 70.8 Å². The molecule has 0 bridgehead atoms. The minimum absolute atomic E-state index is 0.0568. The van der Waals surface area contributed by atoms with Gasteiger partial charge >= 0.3 is 0 Å². The Kier molecular flexibility index (Phi) is 3.96. The highest BCUT2D eigenvalue weighted by Gasteiger charge is 2.39. The molecule has 8 nitrogen and oxygen atoms in total. The number of hydrogen-bond donors (Lipinski definition) is 1. The summed E-state index contributed by atoms with van der Waals surface area (Å²) in [7, 11) is 1.84. The van der Waals surface area contributed by atoms with E-state index in [1.807, 2.05) is 56.6 Å². The fourth-order valence-electron chi connectivity index (χ4n) is 3.89. The molecular formula is C22H18N6O2. The molecule has 4 heterocycles. The zero-order valence-electron chi connectivity index (χ0n) is 16.4. The van der Waals surface area contributed by atoms with Gasteiger partial charge in [0.2, 0.25) is 11.8 Å². The first-order valence-corrected chi connectivity index (χ1v) is 9.38. The third-order valence-corrected chi connectivity index (χ3v) is 5.17. The molecule has 3 aromatic heterocycles. The van der Waals surface area contributed by atoms with E-state index in [4.69, 9.17) is 20.0 Å². The molecule has 30 heavy (non-hydrogen) atoms. The van der Waals surface area contributed by atoms with Crippen LogP contribution in [0.5, 0.6) is 5.88 Å². The summed E-state index contributed by atoms with van der Waals surface area (Å²) in [5.41, 5.74) is 10.3. The number of aryl methyl sites for hydroxylation is 2. The summed E-state index contributed by atoms with van der Waals surface area (Å²) in [4.78, 5) is 0. The van der Waals surface area contributed by atoms with Gasteiger partial charge in [-0.1, -0.05) is 18.2 Å². The molecule has 0 saturated carbocycles. The summed E-state index contributed by atoms with van der Waals surface area (Å²) >= 11 is 0. The standard InChI is InChI=1S/C22H18N6O2/c1-13-16(12-27(2)25-13)18-15(11-23)21(24)30-22-19(18)20(17-9-6-10-29-17)26-28(22)14-7-4-3-5-8-14/h3-10,12,18H,24H2,1-2H3. The van der Waals surface area contributed by atoms with Crippen molar-refractivity contribution in [3.63, 3.8) is 0 Å². The van der Waals surface area contributed by atoms with E-state index in [1.165, 1.54) is 0 Å². The number of hydrogen-bond acceptors (Lipinski definition) is 6. The number of allylic oxidation sites excluding steroid dienone is 1. The fraction of sp³-hybridized carbons (Fsp3) is 0.136. The van der Waals surface area contributed by atoms with Gasteiger partial charge in [-0.15, -0.1) is 0 Å². The number of benzene rings is 1. The van der Waals surface area contributed by atoms with Crippen LogP contribution in [0, 0.1) is 18.3 Å². The van der Waals surface area contributed by atoms with Crippen LogP contribution in [-0.2, 0) is 7.05 Å². The predicted octanol–water partition coefficient (Wildman–Crippen LogP) is 3.39. The number of nitrogens with zero attached hydrogens (tertiary/aromatic N) is 5. The fourth-order valence-corrected chi connectivity index (χ4v) is 3.89. The van der Waals surface area contributed by atoms with Gasteiger partial charge in [0.15, 0.2) is 5.76 Å². The van der Waals surface area contributed by atoms with Crippen molar-refractivity contribution in [1.82, 2.24) is 19.6 Å². The van der Waals surface area contributed by atoms with Crippen molar-refractivity contribution < 1.29 is 9.15 Å². The van der Waals surface area contributed by atoms with Crippen LogP contribution >= 0.6 is 0 Å². The molecule has 1 unspecified atom stereocenters. The maximum atomic E-state index is 9.92. The smallest absolute Gasteiger partial charge is 0.229 e. The maximum absolute atomic E-state index is 9.92. The van der Waals surface area contributed by atoms with Gasteiger partial charge in [-0.3, -0.25) is 4.68 Å². The van der Waals surface area contributed by atoms with E-state index in [0.717, 1.165) is 22.5 Å². The van der Waals surface area contributed by atoms with Crippen molar-refractivity contribution in [3.05, 3.63) is 83.2 Å². The second-order valence-corrected chi connectivity index (χ2v) is 7.06. The van der Waals surface area contributed by atoms with E-state index in [1.54, 1.807) is 21.7 Å². The topological polar surface area (TPSA) is 108 Å². The zero-order chi connectivity index (χ0) is 20.8. The van der Waals surface area contributed by atoms with Crippen LogP contribution in [0.2, 0.25) is 0 Å². The van der Waals surface area contributed by atoms with Crippen LogP contribution in [0.4, 0.5) is 0 Å². The number of para-hydroxylation sites is 1. The number of furan rings is 1. The molecule has 0 radical (unpaired) electrons. The third-order valence-electron chi connectivity index (χ3n) is 5.17. The molecule has 0 aliphatic carbocycles. The molecule has 148 valence electrons. The lowest BCUT2D eigenvalue weighted by atomic mass is 9.84. The van der Waals surface area contributed by atoms with Crippen LogP contribution in [0.25, 0.3) is 17.1 Å². The van der Waals surface area contributed by atoms with Crippen LogP contribution in [0.3, 0.4) is 0 Å². The van der Waals surface area contributed by atoms with Crippen molar-refractivity contribution >= 4 is 0 Å². The average Bonchev–Trinajstić information content (AvgIpc) is 3.46. The van der Waals surface area contributed by atoms with Crippen molar-refractivity contribution in [2.75, 3.05) is 0 Å². The molecule has 1 aromatic carbocycles. The summed E-state index contributed by atoms with van der Waals surface area (Å²) in [5, 5.41) is 19.2. The van der Waals surface area contributed by atoms with Crippen molar-refractivity contribution in [3.8, 4) is 29.1 Å². The summed E-state index contributed by atoms with van der Waals surface area (Å²) in [6.45, 7) is 1.91. The highest BCUT2D eigenvalue weighted by Crippen LogP contribution is 2.48. The molecule has 1 atom stereocenters. The Hall–Kier alpha value is -4.25. The number of fused-ring (bicyclic) bond motifs is 1. The number of ether oxygens (including phenoxy) is 1. The molecule has 0 fully saturated rings.